The number of hydrogen-bond acceptors (Lipinski definition) is 6. The Hall–Kier alpha value is -3.74. The Kier molecular flexibility index (Phi) is 5.47. The van der Waals surface area contributed by atoms with Gasteiger partial charge in [-0.05, 0) is 42.0 Å². The summed E-state index contributed by atoms with van der Waals surface area (Å²) in [7, 11) is 1.62. The summed E-state index contributed by atoms with van der Waals surface area (Å²) in [5, 5.41) is 6.11. The fraction of sp³-hybridized carbons (Fsp3) is 0.182. The zero-order chi connectivity index (χ0) is 20.1. The molecule has 0 atom stereocenters. The van der Waals surface area contributed by atoms with E-state index in [0.29, 0.717) is 36.9 Å². The molecule has 4 rings (SSSR count). The third kappa shape index (κ3) is 4.57. The maximum absolute atomic E-state index is 12.5. The number of pyridine rings is 1. The predicted octanol–water partition coefficient (Wildman–Crippen LogP) is 3.54. The molecule has 7 nitrogen and oxygen atoms in total. The van der Waals surface area contributed by atoms with Crippen molar-refractivity contribution >= 4 is 17.4 Å². The summed E-state index contributed by atoms with van der Waals surface area (Å²) < 4.78 is 16.3. The zero-order valence-corrected chi connectivity index (χ0v) is 16.0. The average Bonchev–Trinajstić information content (AvgIpc) is 2.78. The van der Waals surface area contributed by atoms with Crippen molar-refractivity contribution < 1.29 is 19.0 Å². The summed E-state index contributed by atoms with van der Waals surface area (Å²) in [6.07, 6.45) is 1.60. The van der Waals surface area contributed by atoms with E-state index in [9.17, 15) is 4.79 Å². The van der Waals surface area contributed by atoms with Crippen molar-refractivity contribution in [2.24, 2.45) is 0 Å². The van der Waals surface area contributed by atoms with Gasteiger partial charge in [0.2, 0.25) is 0 Å². The van der Waals surface area contributed by atoms with E-state index in [4.69, 9.17) is 14.2 Å². The van der Waals surface area contributed by atoms with Crippen LogP contribution in [0.3, 0.4) is 0 Å². The van der Waals surface area contributed by atoms with Crippen LogP contribution in [0.4, 0.5) is 11.5 Å². The van der Waals surface area contributed by atoms with Crippen LogP contribution in [0, 0.1) is 0 Å². The molecule has 1 aliphatic heterocycles. The van der Waals surface area contributed by atoms with E-state index in [-0.39, 0.29) is 5.91 Å². The molecule has 0 fully saturated rings. The van der Waals surface area contributed by atoms with Crippen LogP contribution < -0.4 is 24.8 Å². The number of aromatic nitrogens is 1. The summed E-state index contributed by atoms with van der Waals surface area (Å²) in [6, 6.07) is 16.5. The average molecular weight is 391 g/mol. The number of fused-ring (bicyclic) bond motifs is 1. The largest absolute Gasteiger partial charge is 0.497 e. The highest BCUT2D eigenvalue weighted by Crippen LogP contribution is 2.33. The van der Waals surface area contributed by atoms with Gasteiger partial charge >= 0.3 is 0 Å². The second-order valence-corrected chi connectivity index (χ2v) is 6.44. The molecular formula is C22H21N3O4. The Morgan fingerprint density at radius 1 is 1.03 bits per heavy atom. The Balaban J connectivity index is 1.40. The fourth-order valence-corrected chi connectivity index (χ4v) is 2.94. The normalized spacial score (nSPS) is 12.2. The van der Waals surface area contributed by atoms with Gasteiger partial charge in [0.05, 0.1) is 7.11 Å². The number of carbonyl (C=O) groups excluding carboxylic acids is 1. The molecule has 1 aliphatic rings. The first kappa shape index (κ1) is 18.6. The minimum absolute atomic E-state index is 0.173. The third-order valence-corrected chi connectivity index (χ3v) is 4.45. The number of nitrogens with zero attached hydrogens (tertiary/aromatic N) is 1. The monoisotopic (exact) mass is 391 g/mol. The van der Waals surface area contributed by atoms with Crippen LogP contribution in [0.25, 0.3) is 0 Å². The Morgan fingerprint density at radius 2 is 1.83 bits per heavy atom. The van der Waals surface area contributed by atoms with Crippen molar-refractivity contribution in [1.29, 1.82) is 0 Å². The van der Waals surface area contributed by atoms with Gasteiger partial charge in [-0.25, -0.2) is 4.98 Å². The molecule has 1 amide bonds. The maximum atomic E-state index is 12.5. The number of nitrogens with one attached hydrogen (secondary N) is 2. The van der Waals surface area contributed by atoms with E-state index in [1.54, 1.807) is 25.4 Å². The Labute approximate surface area is 168 Å². The molecule has 3 aromatic rings. The molecule has 7 heteroatoms. The highest BCUT2D eigenvalue weighted by atomic mass is 16.6. The molecule has 0 aliphatic carbocycles. The molecule has 0 radical (unpaired) electrons. The van der Waals surface area contributed by atoms with Crippen molar-refractivity contribution in [3.63, 3.8) is 0 Å². The van der Waals surface area contributed by atoms with Crippen molar-refractivity contribution in [3.8, 4) is 17.2 Å². The highest BCUT2D eigenvalue weighted by molar-refractivity contribution is 5.94. The van der Waals surface area contributed by atoms with Gasteiger partial charge in [0, 0.05) is 30.1 Å². The number of rotatable bonds is 6. The number of benzene rings is 2. The van der Waals surface area contributed by atoms with Gasteiger partial charge in [0.25, 0.3) is 5.91 Å². The van der Waals surface area contributed by atoms with Gasteiger partial charge < -0.3 is 24.8 Å². The predicted molar refractivity (Wildman–Crippen MR) is 109 cm³/mol. The van der Waals surface area contributed by atoms with Gasteiger partial charge in [-0.15, -0.1) is 0 Å². The first-order chi connectivity index (χ1) is 14.2. The zero-order valence-electron chi connectivity index (χ0n) is 16.0. The van der Waals surface area contributed by atoms with Gasteiger partial charge in [0.1, 0.15) is 24.8 Å². The lowest BCUT2D eigenvalue weighted by Crippen LogP contribution is -2.22. The van der Waals surface area contributed by atoms with Gasteiger partial charge in [-0.3, -0.25) is 4.79 Å². The molecule has 2 aromatic carbocycles. The number of anilines is 2. The molecule has 148 valence electrons. The Morgan fingerprint density at radius 3 is 2.62 bits per heavy atom. The van der Waals surface area contributed by atoms with E-state index >= 15 is 0 Å². The van der Waals surface area contributed by atoms with E-state index in [1.807, 2.05) is 42.5 Å². The fourth-order valence-electron chi connectivity index (χ4n) is 2.94. The van der Waals surface area contributed by atoms with E-state index in [2.05, 4.69) is 15.6 Å². The van der Waals surface area contributed by atoms with E-state index in [0.717, 1.165) is 22.7 Å². The van der Waals surface area contributed by atoms with Gasteiger partial charge in [-0.1, -0.05) is 12.1 Å². The topological polar surface area (TPSA) is 81.7 Å². The number of hydrogen-bond donors (Lipinski definition) is 2. The third-order valence-electron chi connectivity index (χ3n) is 4.45. The van der Waals surface area contributed by atoms with Crippen LogP contribution in [0.5, 0.6) is 17.2 Å². The standard InChI is InChI=1S/C22H21N3O4/c1-27-18-5-2-15(3-6-18)14-24-22(26)16-8-9-23-21(12-16)25-17-4-7-19-20(13-17)29-11-10-28-19/h2-9,12-13H,10-11,14H2,1H3,(H,23,25)(H,24,26). The van der Waals surface area contributed by atoms with Gasteiger partial charge in [-0.2, -0.15) is 0 Å². The van der Waals surface area contributed by atoms with Crippen LogP contribution in [-0.2, 0) is 6.54 Å². The molecule has 0 unspecified atom stereocenters. The summed E-state index contributed by atoms with van der Waals surface area (Å²) >= 11 is 0. The molecular weight excluding hydrogens is 370 g/mol. The SMILES string of the molecule is COc1ccc(CNC(=O)c2ccnc(Nc3ccc4c(c3)OCCO4)c2)cc1. The summed E-state index contributed by atoms with van der Waals surface area (Å²) in [5.74, 6) is 2.59. The summed E-state index contributed by atoms with van der Waals surface area (Å²) in [6.45, 7) is 1.50. The van der Waals surface area contributed by atoms with Crippen LogP contribution in [0.2, 0.25) is 0 Å². The van der Waals surface area contributed by atoms with Crippen LogP contribution in [0.1, 0.15) is 15.9 Å². The molecule has 0 spiro atoms. The number of carbonyl (C=O) groups is 1. The molecule has 2 N–H and O–H groups in total. The first-order valence-electron chi connectivity index (χ1n) is 9.25. The quantitative estimate of drug-likeness (QED) is 0.669. The van der Waals surface area contributed by atoms with Crippen molar-refractivity contribution in [1.82, 2.24) is 10.3 Å². The highest BCUT2D eigenvalue weighted by Gasteiger charge is 2.12. The minimum Gasteiger partial charge on any atom is -0.497 e. The molecule has 29 heavy (non-hydrogen) atoms. The second kappa shape index (κ2) is 8.52. The molecule has 0 saturated carbocycles. The lowest BCUT2D eigenvalue weighted by atomic mass is 10.2. The maximum Gasteiger partial charge on any atom is 0.251 e. The number of amides is 1. The number of ether oxygens (including phenoxy) is 3. The smallest absolute Gasteiger partial charge is 0.251 e. The minimum atomic E-state index is -0.173. The second-order valence-electron chi connectivity index (χ2n) is 6.44. The first-order valence-corrected chi connectivity index (χ1v) is 9.25. The number of methoxy groups -OCH3 is 1. The van der Waals surface area contributed by atoms with Crippen LogP contribution in [-0.4, -0.2) is 31.2 Å². The molecule has 1 aromatic heterocycles. The summed E-state index contributed by atoms with van der Waals surface area (Å²) in [4.78, 5) is 16.8. The van der Waals surface area contributed by atoms with Gasteiger partial charge in [0.15, 0.2) is 11.5 Å². The van der Waals surface area contributed by atoms with Crippen molar-refractivity contribution in [3.05, 3.63) is 71.9 Å². The lowest BCUT2D eigenvalue weighted by molar-refractivity contribution is 0.0951. The molecule has 0 saturated heterocycles. The van der Waals surface area contributed by atoms with Crippen LogP contribution >= 0.6 is 0 Å². The lowest BCUT2D eigenvalue weighted by Gasteiger charge is -2.19. The summed E-state index contributed by atoms with van der Waals surface area (Å²) in [5.41, 5.74) is 2.31. The van der Waals surface area contributed by atoms with Crippen LogP contribution in [0.15, 0.2) is 60.8 Å². The van der Waals surface area contributed by atoms with E-state index in [1.165, 1.54) is 0 Å². The van der Waals surface area contributed by atoms with E-state index < -0.39 is 0 Å². The molecule has 2 heterocycles. The Bertz CT molecular complexity index is 1010. The van der Waals surface area contributed by atoms with Crippen molar-refractivity contribution in [2.75, 3.05) is 25.6 Å². The molecule has 0 bridgehead atoms. The van der Waals surface area contributed by atoms with Crippen molar-refractivity contribution in [2.45, 2.75) is 6.54 Å².